The second kappa shape index (κ2) is 7.60. The standard InChI is InChI=1S/C19H30N4O/c1-14-16(19(24)22(2)3)13-20-18(21-14)17-11-7-8-12-23(17)15-9-5-4-6-10-15/h13,15,17H,4-12H2,1-3H3/t17-/m1/s1. The smallest absolute Gasteiger partial charge is 0.256 e. The summed E-state index contributed by atoms with van der Waals surface area (Å²) in [6, 6.07) is 1.01. The zero-order chi connectivity index (χ0) is 17.1. The van der Waals surface area contributed by atoms with E-state index in [2.05, 4.69) is 9.88 Å². The monoisotopic (exact) mass is 330 g/mol. The summed E-state index contributed by atoms with van der Waals surface area (Å²) in [5.41, 5.74) is 1.41. The molecule has 1 amide bonds. The van der Waals surface area contributed by atoms with Crippen molar-refractivity contribution in [3.63, 3.8) is 0 Å². The van der Waals surface area contributed by atoms with Gasteiger partial charge in [-0.3, -0.25) is 9.69 Å². The highest BCUT2D eigenvalue weighted by molar-refractivity contribution is 5.94. The highest BCUT2D eigenvalue weighted by Crippen LogP contribution is 2.35. The van der Waals surface area contributed by atoms with Crippen LogP contribution in [-0.2, 0) is 0 Å². The van der Waals surface area contributed by atoms with Crippen LogP contribution in [0.1, 0.15) is 79.3 Å². The molecule has 0 unspecified atom stereocenters. The SMILES string of the molecule is Cc1nc([C@H]2CCCCN2C2CCCCC2)ncc1C(=O)N(C)C. The first-order valence-corrected chi connectivity index (χ1v) is 9.39. The van der Waals surface area contributed by atoms with Gasteiger partial charge < -0.3 is 4.90 Å². The van der Waals surface area contributed by atoms with E-state index < -0.39 is 0 Å². The van der Waals surface area contributed by atoms with E-state index in [1.807, 2.05) is 6.92 Å². The minimum atomic E-state index is -0.0215. The summed E-state index contributed by atoms with van der Waals surface area (Å²) in [5, 5.41) is 0. The molecule has 0 radical (unpaired) electrons. The Morgan fingerprint density at radius 2 is 1.83 bits per heavy atom. The van der Waals surface area contributed by atoms with Crippen molar-refractivity contribution in [3.8, 4) is 0 Å². The normalized spacial score (nSPS) is 23.2. The molecule has 0 aromatic carbocycles. The molecular weight excluding hydrogens is 300 g/mol. The topological polar surface area (TPSA) is 49.3 Å². The zero-order valence-electron chi connectivity index (χ0n) is 15.3. The lowest BCUT2D eigenvalue weighted by molar-refractivity contribution is 0.0673. The van der Waals surface area contributed by atoms with Crippen LogP contribution in [-0.4, -0.2) is 52.4 Å². The Hall–Kier alpha value is -1.49. The molecule has 2 aliphatic rings. The second-order valence-corrected chi connectivity index (χ2v) is 7.47. The van der Waals surface area contributed by atoms with Crippen molar-refractivity contribution in [2.24, 2.45) is 0 Å². The Bertz CT molecular complexity index is 581. The molecule has 0 bridgehead atoms. The van der Waals surface area contributed by atoms with Crippen LogP contribution in [0, 0.1) is 6.92 Å². The van der Waals surface area contributed by atoms with Crippen molar-refractivity contribution >= 4 is 5.91 Å². The van der Waals surface area contributed by atoms with Gasteiger partial charge in [0.1, 0.15) is 5.82 Å². The molecule has 1 aliphatic carbocycles. The van der Waals surface area contributed by atoms with E-state index in [1.165, 1.54) is 44.9 Å². The molecule has 1 saturated heterocycles. The Kier molecular flexibility index (Phi) is 5.49. The largest absolute Gasteiger partial charge is 0.345 e. The number of amides is 1. The number of aromatic nitrogens is 2. The van der Waals surface area contributed by atoms with E-state index in [9.17, 15) is 4.79 Å². The van der Waals surface area contributed by atoms with Gasteiger partial charge in [0.05, 0.1) is 17.3 Å². The maximum absolute atomic E-state index is 12.2. The lowest BCUT2D eigenvalue weighted by atomic mass is 9.90. The molecule has 1 aromatic rings. The minimum absolute atomic E-state index is 0.0215. The van der Waals surface area contributed by atoms with Gasteiger partial charge in [-0.25, -0.2) is 9.97 Å². The van der Waals surface area contributed by atoms with Crippen LogP contribution in [0.4, 0.5) is 0 Å². The first-order valence-electron chi connectivity index (χ1n) is 9.39. The van der Waals surface area contributed by atoms with Crippen LogP contribution < -0.4 is 0 Å². The number of likely N-dealkylation sites (tertiary alicyclic amines) is 1. The van der Waals surface area contributed by atoms with Crippen molar-refractivity contribution in [2.75, 3.05) is 20.6 Å². The summed E-state index contributed by atoms with van der Waals surface area (Å²) in [5.74, 6) is 0.889. The molecule has 0 N–H and O–H groups in total. The lowest BCUT2D eigenvalue weighted by Gasteiger charge is -2.42. The van der Waals surface area contributed by atoms with Crippen molar-refractivity contribution in [1.29, 1.82) is 0 Å². The first kappa shape index (κ1) is 17.3. The molecule has 1 saturated carbocycles. The van der Waals surface area contributed by atoms with Crippen LogP contribution in [0.2, 0.25) is 0 Å². The van der Waals surface area contributed by atoms with E-state index >= 15 is 0 Å². The number of carbonyl (C=O) groups excluding carboxylic acids is 1. The number of piperidine rings is 1. The molecule has 2 heterocycles. The van der Waals surface area contributed by atoms with Crippen molar-refractivity contribution < 1.29 is 4.79 Å². The molecular formula is C19H30N4O. The van der Waals surface area contributed by atoms with Gasteiger partial charge in [-0.05, 0) is 39.2 Å². The summed E-state index contributed by atoms with van der Waals surface area (Å²) >= 11 is 0. The molecule has 2 fully saturated rings. The van der Waals surface area contributed by atoms with E-state index in [0.717, 1.165) is 24.5 Å². The third-order valence-corrected chi connectivity index (χ3v) is 5.52. The fourth-order valence-electron chi connectivity index (χ4n) is 4.18. The number of hydrogen-bond donors (Lipinski definition) is 0. The van der Waals surface area contributed by atoms with E-state index in [-0.39, 0.29) is 5.91 Å². The predicted octanol–water partition coefficient (Wildman–Crippen LogP) is 3.35. The van der Waals surface area contributed by atoms with Gasteiger partial charge in [0.25, 0.3) is 5.91 Å². The molecule has 1 aliphatic heterocycles. The number of aryl methyl sites for hydroxylation is 1. The van der Waals surface area contributed by atoms with Gasteiger partial charge in [0.15, 0.2) is 0 Å². The second-order valence-electron chi connectivity index (χ2n) is 7.47. The average molecular weight is 330 g/mol. The Labute approximate surface area is 145 Å². The molecule has 1 aromatic heterocycles. The van der Waals surface area contributed by atoms with Crippen LogP contribution in [0.15, 0.2) is 6.20 Å². The van der Waals surface area contributed by atoms with E-state index in [4.69, 9.17) is 4.98 Å². The molecule has 1 atom stereocenters. The summed E-state index contributed by atoms with van der Waals surface area (Å²) in [6.45, 7) is 3.09. The summed E-state index contributed by atoms with van der Waals surface area (Å²) < 4.78 is 0. The van der Waals surface area contributed by atoms with Crippen LogP contribution >= 0.6 is 0 Å². The summed E-state index contributed by atoms with van der Waals surface area (Å²) in [6.07, 6.45) is 12.1. The molecule has 0 spiro atoms. The van der Waals surface area contributed by atoms with Crippen molar-refractivity contribution in [3.05, 3.63) is 23.3 Å². The molecule has 5 heteroatoms. The maximum Gasteiger partial charge on any atom is 0.256 e. The Balaban J connectivity index is 1.82. The molecule has 5 nitrogen and oxygen atoms in total. The lowest BCUT2D eigenvalue weighted by Crippen LogP contribution is -2.43. The zero-order valence-corrected chi connectivity index (χ0v) is 15.3. The number of nitrogens with zero attached hydrogens (tertiary/aromatic N) is 4. The maximum atomic E-state index is 12.2. The summed E-state index contributed by atoms with van der Waals surface area (Å²) in [7, 11) is 3.53. The van der Waals surface area contributed by atoms with Crippen molar-refractivity contribution in [2.45, 2.75) is 70.4 Å². The third-order valence-electron chi connectivity index (χ3n) is 5.52. The van der Waals surface area contributed by atoms with Gasteiger partial charge in [-0.15, -0.1) is 0 Å². The number of rotatable bonds is 3. The highest BCUT2D eigenvalue weighted by atomic mass is 16.2. The van der Waals surface area contributed by atoms with Gasteiger partial charge >= 0.3 is 0 Å². The third kappa shape index (κ3) is 3.61. The van der Waals surface area contributed by atoms with Crippen LogP contribution in [0.25, 0.3) is 0 Å². The van der Waals surface area contributed by atoms with E-state index in [0.29, 0.717) is 17.6 Å². The fraction of sp³-hybridized carbons (Fsp3) is 0.737. The minimum Gasteiger partial charge on any atom is -0.345 e. The number of carbonyl (C=O) groups is 1. The van der Waals surface area contributed by atoms with Crippen LogP contribution in [0.3, 0.4) is 0 Å². The van der Waals surface area contributed by atoms with Gasteiger partial charge in [-0.2, -0.15) is 0 Å². The van der Waals surface area contributed by atoms with Crippen molar-refractivity contribution in [1.82, 2.24) is 19.8 Å². The predicted molar refractivity (Wildman–Crippen MR) is 95.0 cm³/mol. The first-order chi connectivity index (χ1) is 11.6. The molecule has 3 rings (SSSR count). The van der Waals surface area contributed by atoms with Gasteiger partial charge in [0, 0.05) is 26.3 Å². The van der Waals surface area contributed by atoms with Crippen LogP contribution in [0.5, 0.6) is 0 Å². The van der Waals surface area contributed by atoms with Gasteiger partial charge in [-0.1, -0.05) is 25.7 Å². The molecule has 24 heavy (non-hydrogen) atoms. The highest BCUT2D eigenvalue weighted by Gasteiger charge is 2.32. The Morgan fingerprint density at radius 1 is 1.12 bits per heavy atom. The van der Waals surface area contributed by atoms with Gasteiger partial charge in [0.2, 0.25) is 0 Å². The molecule has 132 valence electrons. The average Bonchev–Trinajstić information content (AvgIpc) is 2.61. The quantitative estimate of drug-likeness (QED) is 0.853. The Morgan fingerprint density at radius 3 is 2.50 bits per heavy atom. The summed E-state index contributed by atoms with van der Waals surface area (Å²) in [4.78, 5) is 25.8. The van der Waals surface area contributed by atoms with E-state index in [1.54, 1.807) is 25.2 Å². The number of hydrogen-bond acceptors (Lipinski definition) is 4. The fourth-order valence-corrected chi connectivity index (χ4v) is 4.18.